The molecule has 0 saturated carbocycles. The molecule has 1 aliphatic rings. The number of H-pyrrole nitrogens is 1. The van der Waals surface area contributed by atoms with Crippen LogP contribution in [-0.4, -0.2) is 15.2 Å². The van der Waals surface area contributed by atoms with Crippen molar-refractivity contribution in [2.24, 2.45) is 5.73 Å². The second-order valence-electron chi connectivity index (χ2n) is 5.01. The zero-order chi connectivity index (χ0) is 15.8. The number of nitrogens with two attached hydrogens (primary N) is 1. The summed E-state index contributed by atoms with van der Waals surface area (Å²) in [5.74, 6) is 0.130. The fraction of sp³-hybridized carbons (Fsp3) is 0.0625. The van der Waals surface area contributed by atoms with E-state index in [2.05, 4.69) is 21.3 Å². The minimum absolute atomic E-state index is 0.0816. The van der Waals surface area contributed by atoms with Gasteiger partial charge >= 0.3 is 0 Å². The van der Waals surface area contributed by atoms with Gasteiger partial charge in [0.15, 0.2) is 0 Å². The molecular weight excluding hydrogens is 310 g/mol. The van der Waals surface area contributed by atoms with Crippen LogP contribution >= 0.6 is 11.3 Å². The third kappa shape index (κ3) is 2.08. The number of thiophene rings is 1. The average molecular weight is 321 g/mol. The van der Waals surface area contributed by atoms with Crippen molar-refractivity contribution in [1.29, 1.82) is 5.26 Å². The number of nitrogens with zero attached hydrogens (tertiary/aromatic N) is 3. The van der Waals surface area contributed by atoms with E-state index in [1.54, 1.807) is 23.7 Å². The molecule has 4 heterocycles. The van der Waals surface area contributed by atoms with Gasteiger partial charge in [0.25, 0.3) is 0 Å². The molecule has 3 aromatic heterocycles. The van der Waals surface area contributed by atoms with Crippen molar-refractivity contribution in [3.63, 3.8) is 0 Å². The fourth-order valence-corrected chi connectivity index (χ4v) is 3.47. The van der Waals surface area contributed by atoms with E-state index >= 15 is 0 Å². The summed E-state index contributed by atoms with van der Waals surface area (Å²) in [5, 5.41) is 18.8. The highest BCUT2D eigenvalue weighted by Gasteiger charge is 2.35. The molecule has 0 bridgehead atoms. The van der Waals surface area contributed by atoms with Crippen molar-refractivity contribution < 1.29 is 4.74 Å². The Morgan fingerprint density at radius 3 is 2.96 bits per heavy atom. The van der Waals surface area contributed by atoms with Gasteiger partial charge in [-0.3, -0.25) is 10.1 Å². The molecule has 3 aromatic rings. The first-order chi connectivity index (χ1) is 11.3. The van der Waals surface area contributed by atoms with Crippen molar-refractivity contribution in [3.8, 4) is 22.5 Å². The van der Waals surface area contributed by atoms with E-state index in [-0.39, 0.29) is 11.8 Å². The number of pyridine rings is 1. The Kier molecular flexibility index (Phi) is 3.10. The molecular formula is C16H11N5OS. The number of nitriles is 1. The van der Waals surface area contributed by atoms with Crippen LogP contribution in [0.4, 0.5) is 0 Å². The first-order valence-electron chi connectivity index (χ1n) is 6.89. The van der Waals surface area contributed by atoms with Gasteiger partial charge in [0.05, 0.1) is 22.1 Å². The molecule has 7 heteroatoms. The number of aromatic nitrogens is 3. The second kappa shape index (κ2) is 5.26. The summed E-state index contributed by atoms with van der Waals surface area (Å²) in [5.41, 5.74) is 8.81. The van der Waals surface area contributed by atoms with E-state index in [1.807, 2.05) is 29.6 Å². The quantitative estimate of drug-likeness (QED) is 0.756. The SMILES string of the molecule is N#CC1=C(N)Oc2n[nH]c(-c3cccs3)c2[C@@H]1c1cccnc1. The highest BCUT2D eigenvalue weighted by atomic mass is 32.1. The highest BCUT2D eigenvalue weighted by molar-refractivity contribution is 7.13. The summed E-state index contributed by atoms with van der Waals surface area (Å²) in [4.78, 5) is 5.18. The third-order valence-corrected chi connectivity index (χ3v) is 4.61. The van der Waals surface area contributed by atoms with Crippen LogP contribution in [0.5, 0.6) is 5.88 Å². The first-order valence-corrected chi connectivity index (χ1v) is 7.77. The molecule has 112 valence electrons. The number of rotatable bonds is 2. The molecule has 4 rings (SSSR count). The maximum atomic E-state index is 9.56. The van der Waals surface area contributed by atoms with Crippen LogP contribution in [0.25, 0.3) is 10.6 Å². The van der Waals surface area contributed by atoms with E-state index in [9.17, 15) is 5.26 Å². The molecule has 0 amide bonds. The molecule has 0 spiro atoms. The lowest BCUT2D eigenvalue weighted by molar-refractivity contribution is 0.379. The van der Waals surface area contributed by atoms with Gasteiger partial charge in [0, 0.05) is 12.4 Å². The number of nitrogens with one attached hydrogen (secondary N) is 1. The van der Waals surface area contributed by atoms with Crippen molar-refractivity contribution in [1.82, 2.24) is 15.2 Å². The van der Waals surface area contributed by atoms with Gasteiger partial charge < -0.3 is 10.5 Å². The molecule has 1 aliphatic heterocycles. The zero-order valence-corrected chi connectivity index (χ0v) is 12.7. The molecule has 6 nitrogen and oxygen atoms in total. The van der Waals surface area contributed by atoms with Gasteiger partial charge in [-0.05, 0) is 23.1 Å². The Morgan fingerprint density at radius 2 is 2.26 bits per heavy atom. The van der Waals surface area contributed by atoms with Crippen molar-refractivity contribution in [3.05, 3.63) is 64.6 Å². The van der Waals surface area contributed by atoms with E-state index in [4.69, 9.17) is 10.5 Å². The molecule has 1 atom stereocenters. The summed E-state index contributed by atoms with van der Waals surface area (Å²) >= 11 is 1.59. The molecule has 3 N–H and O–H groups in total. The Morgan fingerprint density at radius 1 is 1.35 bits per heavy atom. The van der Waals surface area contributed by atoms with Crippen LogP contribution in [-0.2, 0) is 0 Å². The highest BCUT2D eigenvalue weighted by Crippen LogP contribution is 2.45. The zero-order valence-electron chi connectivity index (χ0n) is 11.9. The van der Waals surface area contributed by atoms with Crippen molar-refractivity contribution in [2.75, 3.05) is 0 Å². The largest absolute Gasteiger partial charge is 0.420 e. The Hall–Kier alpha value is -3.11. The van der Waals surface area contributed by atoms with E-state index in [1.165, 1.54) is 0 Å². The van der Waals surface area contributed by atoms with Gasteiger partial charge in [-0.2, -0.15) is 5.26 Å². The summed E-state index contributed by atoms with van der Waals surface area (Å²) < 4.78 is 5.54. The minimum Gasteiger partial charge on any atom is -0.420 e. The second-order valence-corrected chi connectivity index (χ2v) is 5.95. The number of hydrogen-bond donors (Lipinski definition) is 2. The van der Waals surface area contributed by atoms with Gasteiger partial charge in [-0.25, -0.2) is 0 Å². The molecule has 0 fully saturated rings. The lowest BCUT2D eigenvalue weighted by Crippen LogP contribution is -2.21. The number of ether oxygens (including phenoxy) is 1. The smallest absolute Gasteiger partial charge is 0.244 e. The number of hydrogen-bond acceptors (Lipinski definition) is 6. The third-order valence-electron chi connectivity index (χ3n) is 3.72. The first kappa shape index (κ1) is 13.5. The fourth-order valence-electron chi connectivity index (χ4n) is 2.73. The molecule has 0 aromatic carbocycles. The van der Waals surface area contributed by atoms with Crippen LogP contribution in [0.15, 0.2) is 53.5 Å². The molecule has 23 heavy (non-hydrogen) atoms. The normalized spacial score (nSPS) is 16.6. The lowest BCUT2D eigenvalue weighted by Gasteiger charge is -2.23. The predicted molar refractivity (Wildman–Crippen MR) is 85.4 cm³/mol. The van der Waals surface area contributed by atoms with Gasteiger partial charge in [-0.1, -0.05) is 12.1 Å². The summed E-state index contributed by atoms with van der Waals surface area (Å²) in [6, 6.07) is 9.88. The molecule has 0 aliphatic carbocycles. The molecule has 0 unspecified atom stereocenters. The van der Waals surface area contributed by atoms with Gasteiger partial charge in [-0.15, -0.1) is 16.4 Å². The van der Waals surface area contributed by atoms with Crippen LogP contribution in [0, 0.1) is 11.3 Å². The number of fused-ring (bicyclic) bond motifs is 1. The average Bonchev–Trinajstić information content (AvgIpc) is 3.23. The minimum atomic E-state index is -0.353. The van der Waals surface area contributed by atoms with E-state index in [0.29, 0.717) is 11.5 Å². The summed E-state index contributed by atoms with van der Waals surface area (Å²) in [6.07, 6.45) is 3.42. The standard InChI is InChI=1S/C16H11N5OS/c17-7-10-12(9-3-1-5-19-8-9)13-14(11-4-2-6-23-11)20-21-16(13)22-15(10)18/h1-6,8,12H,18H2,(H,20,21)/t12-/m1/s1. The summed E-state index contributed by atoms with van der Waals surface area (Å²) in [6.45, 7) is 0. The number of allylic oxidation sites excluding steroid dienone is 1. The predicted octanol–water partition coefficient (Wildman–Crippen LogP) is 2.75. The number of aromatic amines is 1. The molecule has 0 saturated heterocycles. The van der Waals surface area contributed by atoms with Crippen molar-refractivity contribution in [2.45, 2.75) is 5.92 Å². The van der Waals surface area contributed by atoms with Crippen LogP contribution in [0.3, 0.4) is 0 Å². The van der Waals surface area contributed by atoms with Crippen LogP contribution in [0.1, 0.15) is 17.0 Å². The monoisotopic (exact) mass is 321 g/mol. The van der Waals surface area contributed by atoms with Gasteiger partial charge in [0.2, 0.25) is 11.8 Å². The van der Waals surface area contributed by atoms with Crippen LogP contribution in [0.2, 0.25) is 0 Å². The molecule has 0 radical (unpaired) electrons. The summed E-state index contributed by atoms with van der Waals surface area (Å²) in [7, 11) is 0. The maximum Gasteiger partial charge on any atom is 0.244 e. The van der Waals surface area contributed by atoms with E-state index in [0.717, 1.165) is 21.7 Å². The Balaban J connectivity index is 1.97. The van der Waals surface area contributed by atoms with Gasteiger partial charge in [0.1, 0.15) is 11.6 Å². The van der Waals surface area contributed by atoms with Crippen LogP contribution < -0.4 is 10.5 Å². The lowest BCUT2D eigenvalue weighted by atomic mass is 9.84. The Labute approximate surface area is 135 Å². The Bertz CT molecular complexity index is 921. The topological polar surface area (TPSA) is 101 Å². The maximum absolute atomic E-state index is 9.56. The van der Waals surface area contributed by atoms with E-state index < -0.39 is 0 Å². The van der Waals surface area contributed by atoms with Crippen molar-refractivity contribution >= 4 is 11.3 Å².